The van der Waals surface area contributed by atoms with Gasteiger partial charge in [0, 0.05) is 12.1 Å². The molecule has 8 heteroatoms. The SMILES string of the molecule is CCOC(=O)c1ccccc1N(CC)C(=O)c1cc(-c2cc(C)oc2C)nc2onc(C)c12. The molecule has 0 aliphatic carbocycles. The Morgan fingerprint density at radius 3 is 2.48 bits per heavy atom. The van der Waals surface area contributed by atoms with Crippen LogP contribution >= 0.6 is 0 Å². The van der Waals surface area contributed by atoms with Gasteiger partial charge in [-0.1, -0.05) is 17.3 Å². The van der Waals surface area contributed by atoms with Gasteiger partial charge in [0.25, 0.3) is 11.6 Å². The summed E-state index contributed by atoms with van der Waals surface area (Å²) in [6, 6.07) is 10.5. The first-order chi connectivity index (χ1) is 15.8. The second-order valence-corrected chi connectivity index (χ2v) is 7.62. The quantitative estimate of drug-likeness (QED) is 0.372. The molecule has 0 saturated heterocycles. The number of carbonyl (C=O) groups excluding carboxylic acids is 2. The molecule has 0 fully saturated rings. The summed E-state index contributed by atoms with van der Waals surface area (Å²) in [5.41, 5.74) is 3.32. The van der Waals surface area contributed by atoms with E-state index >= 15 is 0 Å². The number of esters is 1. The van der Waals surface area contributed by atoms with Crippen LogP contribution in [0.5, 0.6) is 0 Å². The highest BCUT2D eigenvalue weighted by molar-refractivity contribution is 6.15. The molecule has 0 N–H and O–H groups in total. The van der Waals surface area contributed by atoms with Gasteiger partial charge in [-0.05, 0) is 58.9 Å². The Labute approximate surface area is 191 Å². The highest BCUT2D eigenvalue weighted by Crippen LogP contribution is 2.32. The number of aromatic nitrogens is 2. The number of para-hydroxylation sites is 1. The minimum atomic E-state index is -0.481. The summed E-state index contributed by atoms with van der Waals surface area (Å²) in [5.74, 6) is 0.649. The minimum absolute atomic E-state index is 0.241. The van der Waals surface area contributed by atoms with Crippen LogP contribution < -0.4 is 4.90 Å². The molecule has 0 aliphatic rings. The Kier molecular flexibility index (Phi) is 6.00. The van der Waals surface area contributed by atoms with Crippen LogP contribution in [0.4, 0.5) is 5.69 Å². The lowest BCUT2D eigenvalue weighted by atomic mass is 10.0. The van der Waals surface area contributed by atoms with Crippen molar-refractivity contribution < 1.29 is 23.3 Å². The fourth-order valence-corrected chi connectivity index (χ4v) is 3.95. The van der Waals surface area contributed by atoms with Crippen LogP contribution in [0.15, 0.2) is 45.3 Å². The van der Waals surface area contributed by atoms with Crippen LogP contribution in [-0.2, 0) is 4.74 Å². The van der Waals surface area contributed by atoms with Gasteiger partial charge >= 0.3 is 5.97 Å². The average Bonchev–Trinajstić information content (AvgIpc) is 3.35. The molecule has 3 heterocycles. The predicted molar refractivity (Wildman–Crippen MR) is 123 cm³/mol. The highest BCUT2D eigenvalue weighted by atomic mass is 16.5. The molecule has 0 aliphatic heterocycles. The van der Waals surface area contributed by atoms with Crippen molar-refractivity contribution in [2.45, 2.75) is 34.6 Å². The molecule has 170 valence electrons. The highest BCUT2D eigenvalue weighted by Gasteiger charge is 2.27. The number of furan rings is 1. The summed E-state index contributed by atoms with van der Waals surface area (Å²) in [4.78, 5) is 32.6. The molecule has 0 radical (unpaired) electrons. The molecule has 0 spiro atoms. The van der Waals surface area contributed by atoms with Crippen molar-refractivity contribution in [3.05, 3.63) is 64.7 Å². The number of ether oxygens (including phenoxy) is 1. The van der Waals surface area contributed by atoms with Crippen molar-refractivity contribution in [1.82, 2.24) is 10.1 Å². The van der Waals surface area contributed by atoms with Crippen molar-refractivity contribution in [1.29, 1.82) is 0 Å². The fourth-order valence-electron chi connectivity index (χ4n) is 3.95. The Bertz CT molecular complexity index is 1350. The van der Waals surface area contributed by atoms with E-state index in [0.29, 0.717) is 45.9 Å². The molecular formula is C25H25N3O5. The summed E-state index contributed by atoms with van der Waals surface area (Å²) in [6.07, 6.45) is 0. The summed E-state index contributed by atoms with van der Waals surface area (Å²) in [7, 11) is 0. The normalized spacial score (nSPS) is 11.1. The lowest BCUT2D eigenvalue weighted by Crippen LogP contribution is -2.32. The van der Waals surface area contributed by atoms with Gasteiger partial charge in [0.2, 0.25) is 0 Å². The van der Waals surface area contributed by atoms with Crippen LogP contribution in [0, 0.1) is 20.8 Å². The van der Waals surface area contributed by atoms with E-state index in [1.54, 1.807) is 49.1 Å². The van der Waals surface area contributed by atoms with E-state index in [2.05, 4.69) is 10.1 Å². The molecule has 0 saturated carbocycles. The average molecular weight is 447 g/mol. The van der Waals surface area contributed by atoms with Gasteiger partial charge in [-0.15, -0.1) is 0 Å². The number of pyridine rings is 1. The van der Waals surface area contributed by atoms with Gasteiger partial charge in [0.15, 0.2) is 0 Å². The molecular weight excluding hydrogens is 422 g/mol. The largest absolute Gasteiger partial charge is 0.466 e. The number of nitrogens with zero attached hydrogens (tertiary/aromatic N) is 3. The van der Waals surface area contributed by atoms with Crippen LogP contribution in [0.25, 0.3) is 22.4 Å². The molecule has 1 amide bonds. The molecule has 0 atom stereocenters. The third kappa shape index (κ3) is 4.00. The molecule has 3 aromatic heterocycles. The van der Waals surface area contributed by atoms with E-state index in [4.69, 9.17) is 13.7 Å². The zero-order valence-electron chi connectivity index (χ0n) is 19.3. The van der Waals surface area contributed by atoms with Gasteiger partial charge in [0.05, 0.1) is 40.2 Å². The van der Waals surface area contributed by atoms with Crippen molar-refractivity contribution in [3.63, 3.8) is 0 Å². The third-order valence-electron chi connectivity index (χ3n) is 5.42. The maximum absolute atomic E-state index is 13.9. The lowest BCUT2D eigenvalue weighted by Gasteiger charge is -2.24. The van der Waals surface area contributed by atoms with Gasteiger partial charge < -0.3 is 18.6 Å². The van der Waals surface area contributed by atoms with Crippen LogP contribution in [0.2, 0.25) is 0 Å². The lowest BCUT2D eigenvalue weighted by molar-refractivity contribution is 0.0527. The Hall–Kier alpha value is -3.94. The molecule has 0 unspecified atom stereocenters. The third-order valence-corrected chi connectivity index (χ3v) is 5.42. The first kappa shape index (κ1) is 22.3. The standard InChI is InChI=1S/C25H25N3O5/c1-6-28(21-11-9-8-10-17(21)25(30)31-7-2)24(29)19-13-20(18-12-14(3)32-16(18)5)26-23-22(19)15(4)27-33-23/h8-13H,6-7H2,1-5H3. The van der Waals surface area contributed by atoms with Gasteiger partial charge in [-0.3, -0.25) is 4.79 Å². The maximum atomic E-state index is 13.9. The Morgan fingerprint density at radius 1 is 1.06 bits per heavy atom. The first-order valence-electron chi connectivity index (χ1n) is 10.8. The number of fused-ring (bicyclic) bond motifs is 1. The smallest absolute Gasteiger partial charge is 0.340 e. The maximum Gasteiger partial charge on any atom is 0.340 e. The van der Waals surface area contributed by atoms with Crippen molar-refractivity contribution in [3.8, 4) is 11.3 Å². The molecule has 8 nitrogen and oxygen atoms in total. The zero-order chi connectivity index (χ0) is 23.7. The molecule has 0 bridgehead atoms. The van der Waals surface area contributed by atoms with Gasteiger partial charge in [0.1, 0.15) is 11.5 Å². The number of amides is 1. The number of benzene rings is 1. The Balaban J connectivity index is 1.88. The summed E-state index contributed by atoms with van der Waals surface area (Å²) in [6.45, 7) is 9.63. The summed E-state index contributed by atoms with van der Waals surface area (Å²) < 4.78 is 16.3. The molecule has 1 aromatic carbocycles. The second-order valence-electron chi connectivity index (χ2n) is 7.62. The second kappa shape index (κ2) is 8.90. The van der Waals surface area contributed by atoms with E-state index < -0.39 is 5.97 Å². The summed E-state index contributed by atoms with van der Waals surface area (Å²) in [5, 5.41) is 4.56. The number of aryl methyl sites for hydroxylation is 3. The van der Waals surface area contributed by atoms with Crippen LogP contribution in [0.3, 0.4) is 0 Å². The number of rotatable bonds is 6. The van der Waals surface area contributed by atoms with E-state index in [1.165, 1.54) is 0 Å². The number of anilines is 1. The van der Waals surface area contributed by atoms with Gasteiger partial charge in [-0.25, -0.2) is 9.78 Å². The molecule has 4 rings (SSSR count). The Morgan fingerprint density at radius 2 is 1.82 bits per heavy atom. The number of hydrogen-bond acceptors (Lipinski definition) is 7. The monoisotopic (exact) mass is 447 g/mol. The van der Waals surface area contributed by atoms with E-state index in [0.717, 1.165) is 11.3 Å². The van der Waals surface area contributed by atoms with Crippen molar-refractivity contribution in [2.75, 3.05) is 18.1 Å². The predicted octanol–water partition coefficient (Wildman–Crippen LogP) is 5.25. The van der Waals surface area contributed by atoms with E-state index in [1.807, 2.05) is 26.8 Å². The number of carbonyl (C=O) groups is 2. The first-order valence-corrected chi connectivity index (χ1v) is 10.8. The van der Waals surface area contributed by atoms with Crippen molar-refractivity contribution in [2.24, 2.45) is 0 Å². The van der Waals surface area contributed by atoms with Crippen LogP contribution in [0.1, 0.15) is 51.8 Å². The van der Waals surface area contributed by atoms with Gasteiger partial charge in [-0.2, -0.15) is 0 Å². The van der Waals surface area contributed by atoms with E-state index in [9.17, 15) is 9.59 Å². The van der Waals surface area contributed by atoms with Crippen LogP contribution in [-0.4, -0.2) is 35.2 Å². The van der Waals surface area contributed by atoms with Crippen molar-refractivity contribution >= 4 is 28.7 Å². The van der Waals surface area contributed by atoms with E-state index in [-0.39, 0.29) is 18.2 Å². The number of hydrogen-bond donors (Lipinski definition) is 0. The topological polar surface area (TPSA) is 98.7 Å². The molecule has 4 aromatic rings. The zero-order valence-corrected chi connectivity index (χ0v) is 19.3. The fraction of sp³-hybridized carbons (Fsp3) is 0.280. The minimum Gasteiger partial charge on any atom is -0.466 e. The summed E-state index contributed by atoms with van der Waals surface area (Å²) >= 11 is 0. The molecule has 33 heavy (non-hydrogen) atoms.